The summed E-state index contributed by atoms with van der Waals surface area (Å²) >= 11 is 0. The van der Waals surface area contributed by atoms with Gasteiger partial charge in [0.25, 0.3) is 0 Å². The molecule has 2 nitrogen and oxygen atoms in total. The predicted octanol–water partition coefficient (Wildman–Crippen LogP) is 6.23. The Morgan fingerprint density at radius 3 is 2.04 bits per heavy atom. The number of para-hydroxylation sites is 1. The minimum atomic E-state index is -0.314. The third-order valence-electron chi connectivity index (χ3n) is 5.67. The molecule has 0 saturated heterocycles. The molecular weight excluding hydrogens is 294 g/mol. The Labute approximate surface area is 148 Å². The minimum Gasteiger partial charge on any atom is -0.314 e. The first-order chi connectivity index (χ1) is 11.6. The number of anilines is 1. The molecule has 134 valence electrons. The summed E-state index contributed by atoms with van der Waals surface area (Å²) < 4.78 is 0. The van der Waals surface area contributed by atoms with Gasteiger partial charge in [-0.25, -0.2) is 0 Å². The Morgan fingerprint density at radius 1 is 0.875 bits per heavy atom. The fourth-order valence-corrected chi connectivity index (χ4v) is 4.04. The van der Waals surface area contributed by atoms with E-state index < -0.39 is 0 Å². The summed E-state index contributed by atoms with van der Waals surface area (Å²) in [6.07, 6.45) is 14.4. The average molecular weight is 330 g/mol. The van der Waals surface area contributed by atoms with Crippen LogP contribution in [0, 0.1) is 0 Å². The molecule has 0 saturated carbocycles. The molecule has 0 bridgehead atoms. The van der Waals surface area contributed by atoms with Crippen LogP contribution >= 0.6 is 0 Å². The van der Waals surface area contributed by atoms with Crippen LogP contribution in [0.4, 0.5) is 5.69 Å². The zero-order chi connectivity index (χ0) is 17.4. The van der Waals surface area contributed by atoms with Crippen molar-refractivity contribution in [2.45, 2.75) is 89.9 Å². The van der Waals surface area contributed by atoms with Crippen LogP contribution in [-0.4, -0.2) is 13.0 Å². The fraction of sp³-hybridized carbons (Fsp3) is 0.682. The van der Waals surface area contributed by atoms with Gasteiger partial charge in [-0.3, -0.25) is 4.79 Å². The van der Waals surface area contributed by atoms with E-state index in [4.69, 9.17) is 0 Å². The summed E-state index contributed by atoms with van der Waals surface area (Å²) in [6, 6.07) is 8.28. The summed E-state index contributed by atoms with van der Waals surface area (Å²) in [5.74, 6) is 0.264. The van der Waals surface area contributed by atoms with Gasteiger partial charge in [-0.2, -0.15) is 0 Å². The van der Waals surface area contributed by atoms with E-state index in [1.807, 2.05) is 18.0 Å². The van der Waals surface area contributed by atoms with Gasteiger partial charge in [-0.15, -0.1) is 0 Å². The molecule has 0 N–H and O–H groups in total. The van der Waals surface area contributed by atoms with Gasteiger partial charge in [0.1, 0.15) is 0 Å². The zero-order valence-electron chi connectivity index (χ0n) is 15.9. The number of amides is 1. The summed E-state index contributed by atoms with van der Waals surface area (Å²) in [6.45, 7) is 4.40. The maximum atomic E-state index is 12.7. The van der Waals surface area contributed by atoms with Crippen molar-refractivity contribution < 1.29 is 4.79 Å². The summed E-state index contributed by atoms with van der Waals surface area (Å²) in [4.78, 5) is 14.5. The highest BCUT2D eigenvalue weighted by molar-refractivity contribution is 6.07. The number of fused-ring (bicyclic) bond motifs is 1. The number of nitrogens with zero attached hydrogens (tertiary/aromatic N) is 1. The summed E-state index contributed by atoms with van der Waals surface area (Å²) in [5.41, 5.74) is 2.00. The van der Waals surface area contributed by atoms with Gasteiger partial charge in [0.2, 0.25) is 5.91 Å². The van der Waals surface area contributed by atoms with E-state index in [9.17, 15) is 4.79 Å². The number of carbonyl (C=O) groups is 1. The second-order valence-electron chi connectivity index (χ2n) is 7.65. The van der Waals surface area contributed by atoms with Gasteiger partial charge in [-0.05, 0) is 25.0 Å². The molecule has 1 atom stereocenters. The van der Waals surface area contributed by atoms with Gasteiger partial charge in [-0.1, -0.05) is 89.3 Å². The molecule has 1 unspecified atom stereocenters. The van der Waals surface area contributed by atoms with Gasteiger partial charge in [0, 0.05) is 12.7 Å². The molecule has 1 aromatic carbocycles. The summed E-state index contributed by atoms with van der Waals surface area (Å²) in [5, 5.41) is 0. The predicted molar refractivity (Wildman–Crippen MR) is 104 cm³/mol. The number of likely N-dealkylation sites (N-methyl/N-ethyl adjacent to an activating group) is 1. The van der Waals surface area contributed by atoms with Crippen LogP contribution in [0.2, 0.25) is 0 Å². The van der Waals surface area contributed by atoms with Crippen molar-refractivity contribution in [3.63, 3.8) is 0 Å². The Balaban J connectivity index is 1.68. The number of hydrogen-bond donors (Lipinski definition) is 0. The van der Waals surface area contributed by atoms with Crippen molar-refractivity contribution >= 4 is 11.6 Å². The van der Waals surface area contributed by atoms with Gasteiger partial charge in [0.05, 0.1) is 5.41 Å². The molecule has 1 heterocycles. The van der Waals surface area contributed by atoms with E-state index in [0.717, 1.165) is 18.5 Å². The van der Waals surface area contributed by atoms with Crippen LogP contribution in [0.25, 0.3) is 0 Å². The molecule has 2 rings (SSSR count). The molecule has 24 heavy (non-hydrogen) atoms. The lowest BCUT2D eigenvalue weighted by Crippen LogP contribution is -2.36. The van der Waals surface area contributed by atoms with Crippen molar-refractivity contribution in [2.75, 3.05) is 11.9 Å². The van der Waals surface area contributed by atoms with Crippen molar-refractivity contribution in [1.82, 2.24) is 0 Å². The lowest BCUT2D eigenvalue weighted by atomic mass is 9.79. The maximum absolute atomic E-state index is 12.7. The highest BCUT2D eigenvalue weighted by Crippen LogP contribution is 2.43. The number of rotatable bonds is 11. The van der Waals surface area contributed by atoms with Crippen LogP contribution in [-0.2, 0) is 10.2 Å². The highest BCUT2D eigenvalue weighted by Gasteiger charge is 2.44. The zero-order valence-corrected chi connectivity index (χ0v) is 15.9. The van der Waals surface area contributed by atoms with E-state index in [-0.39, 0.29) is 11.3 Å². The quantitative estimate of drug-likeness (QED) is 0.440. The standard InChI is InChI=1S/C22H35NO/c1-4-5-6-7-8-9-10-11-12-15-18-22(2)19-16-13-14-17-20(19)23(3)21(22)24/h13-14,16-17H,4-12,15,18H2,1-3H3. The topological polar surface area (TPSA) is 20.3 Å². The first-order valence-electron chi connectivity index (χ1n) is 9.99. The minimum absolute atomic E-state index is 0.264. The third-order valence-corrected chi connectivity index (χ3v) is 5.67. The van der Waals surface area contributed by atoms with Crippen LogP contribution < -0.4 is 4.90 Å². The van der Waals surface area contributed by atoms with E-state index >= 15 is 0 Å². The van der Waals surface area contributed by atoms with E-state index in [1.54, 1.807) is 0 Å². The maximum Gasteiger partial charge on any atom is 0.237 e. The largest absolute Gasteiger partial charge is 0.314 e. The van der Waals surface area contributed by atoms with Crippen LogP contribution in [0.1, 0.15) is 90.0 Å². The molecule has 0 aromatic heterocycles. The Hall–Kier alpha value is -1.31. The Morgan fingerprint density at radius 2 is 1.42 bits per heavy atom. The monoisotopic (exact) mass is 329 g/mol. The molecule has 1 aromatic rings. The van der Waals surface area contributed by atoms with Crippen molar-refractivity contribution in [1.29, 1.82) is 0 Å². The van der Waals surface area contributed by atoms with Crippen molar-refractivity contribution in [3.8, 4) is 0 Å². The number of benzene rings is 1. The molecule has 0 spiro atoms. The second kappa shape index (κ2) is 9.25. The van der Waals surface area contributed by atoms with Crippen LogP contribution in [0.3, 0.4) is 0 Å². The Kier molecular flexibility index (Phi) is 7.33. The van der Waals surface area contributed by atoms with E-state index in [0.29, 0.717) is 0 Å². The molecule has 1 amide bonds. The normalized spacial score (nSPS) is 19.8. The SMILES string of the molecule is CCCCCCCCCCCCC1(C)C(=O)N(C)c2ccccc21. The average Bonchev–Trinajstić information content (AvgIpc) is 2.79. The smallest absolute Gasteiger partial charge is 0.237 e. The highest BCUT2D eigenvalue weighted by atomic mass is 16.2. The summed E-state index contributed by atoms with van der Waals surface area (Å²) in [7, 11) is 1.91. The molecule has 0 fully saturated rings. The van der Waals surface area contributed by atoms with Crippen LogP contribution in [0.5, 0.6) is 0 Å². The molecule has 0 radical (unpaired) electrons. The number of unbranched alkanes of at least 4 members (excludes halogenated alkanes) is 9. The van der Waals surface area contributed by atoms with Crippen molar-refractivity contribution in [2.24, 2.45) is 0 Å². The molecular formula is C22H35NO. The van der Waals surface area contributed by atoms with E-state index in [2.05, 4.69) is 32.0 Å². The molecule has 0 aliphatic carbocycles. The first kappa shape index (κ1) is 19.0. The van der Waals surface area contributed by atoms with Crippen LogP contribution in [0.15, 0.2) is 24.3 Å². The Bertz CT molecular complexity index is 524. The lowest BCUT2D eigenvalue weighted by molar-refractivity contribution is -0.122. The van der Waals surface area contributed by atoms with Gasteiger partial charge < -0.3 is 4.90 Å². The molecule has 2 heteroatoms. The first-order valence-corrected chi connectivity index (χ1v) is 9.99. The van der Waals surface area contributed by atoms with E-state index in [1.165, 1.54) is 63.4 Å². The number of carbonyl (C=O) groups excluding carboxylic acids is 1. The lowest BCUT2D eigenvalue weighted by Gasteiger charge is -2.23. The molecule has 1 aliphatic heterocycles. The van der Waals surface area contributed by atoms with Crippen molar-refractivity contribution in [3.05, 3.63) is 29.8 Å². The molecule has 1 aliphatic rings. The fourth-order valence-electron chi connectivity index (χ4n) is 4.04. The van der Waals surface area contributed by atoms with Gasteiger partial charge >= 0.3 is 0 Å². The number of hydrogen-bond acceptors (Lipinski definition) is 1. The van der Waals surface area contributed by atoms with Gasteiger partial charge in [0.15, 0.2) is 0 Å². The second-order valence-corrected chi connectivity index (χ2v) is 7.65. The third kappa shape index (κ3) is 4.40.